The van der Waals surface area contributed by atoms with Gasteiger partial charge in [-0.05, 0) is 31.2 Å². The highest BCUT2D eigenvalue weighted by molar-refractivity contribution is 7.99. The van der Waals surface area contributed by atoms with Gasteiger partial charge in [0, 0.05) is 0 Å². The fourth-order valence-electron chi connectivity index (χ4n) is 1.02. The molecule has 1 rings (SSSR count). The van der Waals surface area contributed by atoms with Gasteiger partial charge in [-0.2, -0.15) is 11.8 Å². The van der Waals surface area contributed by atoms with Crippen LogP contribution >= 0.6 is 11.8 Å². The summed E-state index contributed by atoms with van der Waals surface area (Å²) in [7, 11) is 1.43. The summed E-state index contributed by atoms with van der Waals surface area (Å²) in [6, 6.07) is 0. The van der Waals surface area contributed by atoms with E-state index in [9.17, 15) is 4.79 Å². The Balaban J connectivity index is 1.85. The van der Waals surface area contributed by atoms with Gasteiger partial charge in [0.15, 0.2) is 0 Å². The number of nitrogens with one attached hydrogen (secondary N) is 1. The quantitative estimate of drug-likeness (QED) is 0.505. The number of thioether (sulfide) groups is 1. The number of carbonyl (C=O) groups excluding carboxylic acids is 1. The Bertz CT molecular complexity index is 148. The number of hydrogen-bond donors (Lipinski definition) is 1. The van der Waals surface area contributed by atoms with Crippen molar-refractivity contribution >= 4 is 17.7 Å². The van der Waals surface area contributed by atoms with Crippen LogP contribution in [0.5, 0.6) is 0 Å². The summed E-state index contributed by atoms with van der Waals surface area (Å²) in [5.41, 5.74) is 0. The van der Waals surface area contributed by atoms with Gasteiger partial charge in [-0.15, -0.1) is 0 Å². The Hall–Kier alpha value is -0.220. The van der Waals surface area contributed by atoms with E-state index in [-0.39, 0.29) is 5.97 Å². The Morgan fingerprint density at radius 1 is 1.67 bits per heavy atom. The smallest absolute Gasteiger partial charge is 0.315 e. The van der Waals surface area contributed by atoms with Crippen LogP contribution in [0.3, 0.4) is 0 Å². The Morgan fingerprint density at radius 3 is 2.92 bits per heavy atom. The van der Waals surface area contributed by atoms with E-state index in [0.717, 1.165) is 24.8 Å². The fourth-order valence-corrected chi connectivity index (χ4v) is 1.95. The molecule has 0 amide bonds. The minimum atomic E-state index is -0.119. The topological polar surface area (TPSA) is 38.3 Å². The van der Waals surface area contributed by atoms with E-state index in [1.165, 1.54) is 13.5 Å². The van der Waals surface area contributed by atoms with Gasteiger partial charge in [0.1, 0.15) is 0 Å². The standard InChI is InChI=1S/C8H15NO2S/c1-11-8(10)6-12-3-2-7-4-9-5-7/h7,9H,2-6H2,1H3. The third-order valence-electron chi connectivity index (χ3n) is 1.98. The van der Waals surface area contributed by atoms with E-state index < -0.39 is 0 Å². The van der Waals surface area contributed by atoms with Gasteiger partial charge in [0.25, 0.3) is 0 Å². The van der Waals surface area contributed by atoms with Gasteiger partial charge in [-0.1, -0.05) is 0 Å². The molecule has 0 aromatic rings. The zero-order valence-electron chi connectivity index (χ0n) is 7.34. The molecule has 0 atom stereocenters. The van der Waals surface area contributed by atoms with Crippen molar-refractivity contribution < 1.29 is 9.53 Å². The van der Waals surface area contributed by atoms with Gasteiger partial charge in [-0.25, -0.2) is 0 Å². The van der Waals surface area contributed by atoms with E-state index in [1.54, 1.807) is 11.8 Å². The first kappa shape index (κ1) is 9.86. The molecule has 0 bridgehead atoms. The van der Waals surface area contributed by atoms with Crippen LogP contribution in [-0.4, -0.2) is 37.7 Å². The zero-order chi connectivity index (χ0) is 8.81. The van der Waals surface area contributed by atoms with Gasteiger partial charge in [0.2, 0.25) is 0 Å². The summed E-state index contributed by atoms with van der Waals surface area (Å²) < 4.78 is 4.53. The van der Waals surface area contributed by atoms with Crippen molar-refractivity contribution in [2.75, 3.05) is 31.7 Å². The van der Waals surface area contributed by atoms with Gasteiger partial charge in [-0.3, -0.25) is 4.79 Å². The van der Waals surface area contributed by atoms with Crippen molar-refractivity contribution in [3.8, 4) is 0 Å². The highest BCUT2D eigenvalue weighted by Crippen LogP contribution is 2.13. The molecule has 70 valence electrons. The normalized spacial score (nSPS) is 17.1. The van der Waals surface area contributed by atoms with Gasteiger partial charge in [0.05, 0.1) is 12.9 Å². The Labute approximate surface area is 77.2 Å². The molecule has 0 saturated carbocycles. The van der Waals surface area contributed by atoms with Crippen LogP contribution in [-0.2, 0) is 9.53 Å². The van der Waals surface area contributed by atoms with Gasteiger partial charge < -0.3 is 10.1 Å². The molecular weight excluding hydrogens is 174 g/mol. The summed E-state index contributed by atoms with van der Waals surface area (Å²) in [5.74, 6) is 2.29. The summed E-state index contributed by atoms with van der Waals surface area (Å²) in [4.78, 5) is 10.7. The van der Waals surface area contributed by atoms with Gasteiger partial charge >= 0.3 is 5.97 Å². The molecule has 12 heavy (non-hydrogen) atoms. The molecular formula is C8H15NO2S. The highest BCUT2D eigenvalue weighted by Gasteiger charge is 2.15. The average molecular weight is 189 g/mol. The number of rotatable bonds is 5. The summed E-state index contributed by atoms with van der Waals surface area (Å²) >= 11 is 1.66. The predicted octanol–water partition coefficient (Wildman–Crippen LogP) is 0.502. The zero-order valence-corrected chi connectivity index (χ0v) is 8.15. The number of esters is 1. The van der Waals surface area contributed by atoms with Crippen LogP contribution in [0.2, 0.25) is 0 Å². The number of ether oxygens (including phenoxy) is 1. The van der Waals surface area contributed by atoms with E-state index in [0.29, 0.717) is 5.75 Å². The Morgan fingerprint density at radius 2 is 2.42 bits per heavy atom. The maximum Gasteiger partial charge on any atom is 0.315 e. The molecule has 1 N–H and O–H groups in total. The number of hydrogen-bond acceptors (Lipinski definition) is 4. The monoisotopic (exact) mass is 189 g/mol. The minimum Gasteiger partial charge on any atom is -0.468 e. The van der Waals surface area contributed by atoms with Crippen molar-refractivity contribution in [1.29, 1.82) is 0 Å². The van der Waals surface area contributed by atoms with Crippen LogP contribution < -0.4 is 5.32 Å². The maximum absolute atomic E-state index is 10.7. The second-order valence-electron chi connectivity index (χ2n) is 2.94. The van der Waals surface area contributed by atoms with E-state index in [1.807, 2.05) is 0 Å². The molecule has 3 nitrogen and oxygen atoms in total. The first-order chi connectivity index (χ1) is 5.83. The van der Waals surface area contributed by atoms with Crippen LogP contribution in [0.25, 0.3) is 0 Å². The Kier molecular flexibility index (Phi) is 4.46. The van der Waals surface area contributed by atoms with E-state index >= 15 is 0 Å². The van der Waals surface area contributed by atoms with Crippen LogP contribution in [0.4, 0.5) is 0 Å². The SMILES string of the molecule is COC(=O)CSCCC1CNC1. The highest BCUT2D eigenvalue weighted by atomic mass is 32.2. The lowest BCUT2D eigenvalue weighted by Gasteiger charge is -2.26. The minimum absolute atomic E-state index is 0.119. The van der Waals surface area contributed by atoms with Crippen molar-refractivity contribution in [1.82, 2.24) is 5.32 Å². The largest absolute Gasteiger partial charge is 0.468 e. The summed E-state index contributed by atoms with van der Waals surface area (Å²) in [6.45, 7) is 2.30. The molecule has 1 saturated heterocycles. The average Bonchev–Trinajstić information content (AvgIpc) is 2.00. The summed E-state index contributed by atoms with van der Waals surface area (Å²) in [6.07, 6.45) is 1.22. The van der Waals surface area contributed by atoms with E-state index in [2.05, 4.69) is 10.1 Å². The molecule has 0 unspecified atom stereocenters. The molecule has 0 aromatic heterocycles. The molecule has 1 aliphatic heterocycles. The number of methoxy groups -OCH3 is 1. The lowest BCUT2D eigenvalue weighted by molar-refractivity contribution is -0.137. The third kappa shape index (κ3) is 3.45. The molecule has 0 radical (unpaired) electrons. The molecule has 4 heteroatoms. The molecule has 1 fully saturated rings. The fraction of sp³-hybridized carbons (Fsp3) is 0.875. The first-order valence-electron chi connectivity index (χ1n) is 4.18. The number of carbonyl (C=O) groups is 1. The van der Waals surface area contributed by atoms with Crippen LogP contribution in [0.1, 0.15) is 6.42 Å². The lowest BCUT2D eigenvalue weighted by Crippen LogP contribution is -2.42. The van der Waals surface area contributed by atoms with Crippen LogP contribution in [0, 0.1) is 5.92 Å². The molecule has 0 aromatic carbocycles. The maximum atomic E-state index is 10.7. The second-order valence-corrected chi connectivity index (χ2v) is 4.05. The molecule has 1 heterocycles. The van der Waals surface area contributed by atoms with Crippen molar-refractivity contribution in [2.45, 2.75) is 6.42 Å². The van der Waals surface area contributed by atoms with Crippen LogP contribution in [0.15, 0.2) is 0 Å². The molecule has 1 aliphatic rings. The first-order valence-corrected chi connectivity index (χ1v) is 5.33. The summed E-state index contributed by atoms with van der Waals surface area (Å²) in [5, 5.41) is 3.22. The van der Waals surface area contributed by atoms with Crippen molar-refractivity contribution in [2.24, 2.45) is 5.92 Å². The van der Waals surface area contributed by atoms with E-state index in [4.69, 9.17) is 0 Å². The van der Waals surface area contributed by atoms with Crippen molar-refractivity contribution in [3.05, 3.63) is 0 Å². The predicted molar refractivity (Wildman–Crippen MR) is 50.3 cm³/mol. The molecule has 0 spiro atoms. The molecule has 0 aliphatic carbocycles. The lowest BCUT2D eigenvalue weighted by atomic mass is 10.0. The second kappa shape index (κ2) is 5.43. The third-order valence-corrected chi connectivity index (χ3v) is 2.95. The van der Waals surface area contributed by atoms with Crippen molar-refractivity contribution in [3.63, 3.8) is 0 Å².